The summed E-state index contributed by atoms with van der Waals surface area (Å²) in [5, 5.41) is 12.2. The third kappa shape index (κ3) is 2.49. The van der Waals surface area contributed by atoms with Crippen molar-refractivity contribution in [3.8, 4) is 0 Å². The van der Waals surface area contributed by atoms with E-state index in [9.17, 15) is 14.7 Å². The molecule has 3 aliphatic rings. The maximum Gasteiger partial charge on any atom is 0.312 e. The van der Waals surface area contributed by atoms with E-state index in [1.807, 2.05) is 19.9 Å². The normalized spacial score (nSPS) is 44.7. The molecule has 0 amide bonds. The zero-order valence-corrected chi connectivity index (χ0v) is 17.1. The first-order valence-electron chi connectivity index (χ1n) is 10.3. The van der Waals surface area contributed by atoms with Crippen LogP contribution in [-0.2, 0) is 25.5 Å². The molecule has 7 atom stereocenters. The lowest BCUT2D eigenvalue weighted by Crippen LogP contribution is -2.70. The highest BCUT2D eigenvalue weighted by atomic mass is 16.6. The highest BCUT2D eigenvalue weighted by Gasteiger charge is 2.74. The molecule has 2 aliphatic carbocycles. The summed E-state index contributed by atoms with van der Waals surface area (Å²) >= 11 is 0. The van der Waals surface area contributed by atoms with Gasteiger partial charge in [-0.2, -0.15) is 0 Å². The first kappa shape index (κ1) is 19.5. The fourth-order valence-corrected chi connectivity index (χ4v) is 6.58. The summed E-state index contributed by atoms with van der Waals surface area (Å²) in [6.07, 6.45) is 5.76. The molecule has 6 heteroatoms. The number of furan rings is 1. The maximum atomic E-state index is 12.9. The number of hydrogen-bond acceptors (Lipinski definition) is 6. The van der Waals surface area contributed by atoms with Crippen LogP contribution >= 0.6 is 0 Å². The van der Waals surface area contributed by atoms with Crippen molar-refractivity contribution in [2.75, 3.05) is 0 Å². The van der Waals surface area contributed by atoms with Crippen LogP contribution in [0.5, 0.6) is 0 Å². The average molecular weight is 390 g/mol. The van der Waals surface area contributed by atoms with Crippen LogP contribution in [0.1, 0.15) is 58.9 Å². The van der Waals surface area contributed by atoms with Crippen molar-refractivity contribution in [3.63, 3.8) is 0 Å². The largest absolute Gasteiger partial charge is 0.472 e. The molecule has 4 rings (SSSR count). The van der Waals surface area contributed by atoms with Gasteiger partial charge in [-0.25, -0.2) is 0 Å². The molecule has 3 fully saturated rings. The molecule has 2 saturated carbocycles. The lowest BCUT2D eigenvalue weighted by Gasteiger charge is -2.62. The third-order valence-electron chi connectivity index (χ3n) is 8.04. The van der Waals surface area contributed by atoms with Gasteiger partial charge in [0.25, 0.3) is 0 Å². The topological polar surface area (TPSA) is 86.0 Å². The molecule has 1 saturated heterocycles. The lowest BCUT2D eigenvalue weighted by molar-refractivity contribution is -0.257. The molecule has 0 bridgehead atoms. The molecule has 28 heavy (non-hydrogen) atoms. The third-order valence-corrected chi connectivity index (χ3v) is 8.04. The summed E-state index contributed by atoms with van der Waals surface area (Å²) in [5.41, 5.74) is -1.23. The highest BCUT2D eigenvalue weighted by Crippen LogP contribution is 2.67. The SMILES string of the molecule is CC(=O)O[C@@H]1[C@H]2OC(=O)[C@@]3(C)CCC[C@@](C)([C@@H]23)[C@@](O)(CCc2ccoc2)[C@@H]1C. The number of hydrogen-bond donors (Lipinski definition) is 1. The van der Waals surface area contributed by atoms with Gasteiger partial charge in [0, 0.05) is 24.2 Å². The van der Waals surface area contributed by atoms with Gasteiger partial charge in [0.1, 0.15) is 12.2 Å². The van der Waals surface area contributed by atoms with Crippen molar-refractivity contribution >= 4 is 11.9 Å². The molecule has 1 aromatic heterocycles. The summed E-state index contributed by atoms with van der Waals surface area (Å²) in [6, 6.07) is 1.90. The second-order valence-corrected chi connectivity index (χ2v) is 9.45. The average Bonchev–Trinajstić information content (AvgIpc) is 3.23. The van der Waals surface area contributed by atoms with Crippen LogP contribution in [0.4, 0.5) is 0 Å². The number of carbonyl (C=O) groups is 2. The number of aryl methyl sites for hydroxylation is 1. The molecule has 1 N–H and O–H groups in total. The summed E-state index contributed by atoms with van der Waals surface area (Å²) < 4.78 is 16.7. The zero-order chi connectivity index (χ0) is 20.3. The Morgan fingerprint density at radius 1 is 1.36 bits per heavy atom. The Bertz CT molecular complexity index is 772. The minimum atomic E-state index is -1.10. The second kappa shape index (κ2) is 6.34. The molecule has 154 valence electrons. The molecule has 0 aromatic carbocycles. The summed E-state index contributed by atoms with van der Waals surface area (Å²) in [6.45, 7) is 7.33. The van der Waals surface area contributed by atoms with E-state index in [0.717, 1.165) is 24.8 Å². The molecule has 6 nitrogen and oxygen atoms in total. The molecule has 0 unspecified atom stereocenters. The lowest BCUT2D eigenvalue weighted by atomic mass is 9.43. The number of rotatable bonds is 4. The maximum absolute atomic E-state index is 12.9. The van der Waals surface area contributed by atoms with Crippen molar-refractivity contribution in [3.05, 3.63) is 24.2 Å². The van der Waals surface area contributed by atoms with E-state index >= 15 is 0 Å². The first-order chi connectivity index (χ1) is 13.1. The van der Waals surface area contributed by atoms with E-state index in [-0.39, 0.29) is 17.8 Å². The molecule has 1 aliphatic heterocycles. The van der Waals surface area contributed by atoms with Crippen LogP contribution < -0.4 is 0 Å². The zero-order valence-electron chi connectivity index (χ0n) is 17.1. The van der Waals surface area contributed by atoms with E-state index in [1.54, 1.807) is 12.5 Å². The molecular formula is C22H30O6. The van der Waals surface area contributed by atoms with Crippen LogP contribution in [-0.4, -0.2) is 34.9 Å². The van der Waals surface area contributed by atoms with Gasteiger partial charge >= 0.3 is 11.9 Å². The van der Waals surface area contributed by atoms with Crippen molar-refractivity contribution in [1.82, 2.24) is 0 Å². The van der Waals surface area contributed by atoms with E-state index < -0.39 is 34.6 Å². The number of ether oxygens (including phenoxy) is 2. The van der Waals surface area contributed by atoms with Crippen LogP contribution in [0, 0.1) is 22.7 Å². The smallest absolute Gasteiger partial charge is 0.312 e. The summed E-state index contributed by atoms with van der Waals surface area (Å²) in [5.74, 6) is -1.19. The monoisotopic (exact) mass is 390 g/mol. The Morgan fingerprint density at radius 2 is 2.11 bits per heavy atom. The number of aliphatic hydroxyl groups is 1. The van der Waals surface area contributed by atoms with Gasteiger partial charge in [-0.15, -0.1) is 0 Å². The van der Waals surface area contributed by atoms with Gasteiger partial charge in [0.2, 0.25) is 0 Å². The van der Waals surface area contributed by atoms with E-state index in [2.05, 4.69) is 6.92 Å². The van der Waals surface area contributed by atoms with Crippen molar-refractivity contribution in [2.24, 2.45) is 22.7 Å². The number of carbonyl (C=O) groups excluding carboxylic acids is 2. The fraction of sp³-hybridized carbons (Fsp3) is 0.727. The van der Waals surface area contributed by atoms with Gasteiger partial charge in [-0.05, 0) is 44.2 Å². The first-order valence-corrected chi connectivity index (χ1v) is 10.3. The van der Waals surface area contributed by atoms with Crippen molar-refractivity contribution in [2.45, 2.75) is 77.6 Å². The Kier molecular flexibility index (Phi) is 4.42. The minimum Gasteiger partial charge on any atom is -0.472 e. The Morgan fingerprint density at radius 3 is 2.75 bits per heavy atom. The van der Waals surface area contributed by atoms with Crippen molar-refractivity contribution < 1.29 is 28.6 Å². The van der Waals surface area contributed by atoms with E-state index in [1.165, 1.54) is 6.92 Å². The Balaban J connectivity index is 1.78. The van der Waals surface area contributed by atoms with Gasteiger partial charge in [0.05, 0.1) is 23.5 Å². The summed E-state index contributed by atoms with van der Waals surface area (Å²) in [7, 11) is 0. The van der Waals surface area contributed by atoms with Crippen molar-refractivity contribution in [1.29, 1.82) is 0 Å². The quantitative estimate of drug-likeness (QED) is 0.794. The van der Waals surface area contributed by atoms with Gasteiger partial charge < -0.3 is 19.0 Å². The van der Waals surface area contributed by atoms with E-state index in [4.69, 9.17) is 13.9 Å². The van der Waals surface area contributed by atoms with Gasteiger partial charge in [-0.3, -0.25) is 9.59 Å². The van der Waals surface area contributed by atoms with E-state index in [0.29, 0.717) is 12.8 Å². The van der Waals surface area contributed by atoms with Gasteiger partial charge in [-0.1, -0.05) is 20.3 Å². The van der Waals surface area contributed by atoms with Crippen LogP contribution in [0.15, 0.2) is 23.0 Å². The van der Waals surface area contributed by atoms with Crippen LogP contribution in [0.2, 0.25) is 0 Å². The van der Waals surface area contributed by atoms with Crippen LogP contribution in [0.3, 0.4) is 0 Å². The standard InChI is InChI=1S/C22H30O6/c1-13-16(27-14(2)23)17-18-20(3,19(24)28-17)8-5-9-21(18,4)22(13,25)10-6-15-7-11-26-12-15/h7,11-13,16-18,25H,5-6,8-10H2,1-4H3/t13-,16+,17-,18+,20+,21+,22-/m1/s1. The minimum absolute atomic E-state index is 0.184. The molecular weight excluding hydrogens is 360 g/mol. The predicted molar refractivity (Wildman–Crippen MR) is 100 cm³/mol. The summed E-state index contributed by atoms with van der Waals surface area (Å²) in [4.78, 5) is 24.7. The Hall–Kier alpha value is -1.82. The fourth-order valence-electron chi connectivity index (χ4n) is 6.58. The molecule has 2 heterocycles. The molecule has 1 aromatic rings. The van der Waals surface area contributed by atoms with Gasteiger partial charge in [0.15, 0.2) is 0 Å². The second-order valence-electron chi connectivity index (χ2n) is 9.45. The van der Waals surface area contributed by atoms with Crippen LogP contribution in [0.25, 0.3) is 0 Å². The molecule has 0 radical (unpaired) electrons. The number of esters is 2. The Labute approximate surface area is 165 Å². The highest BCUT2D eigenvalue weighted by molar-refractivity contribution is 5.80. The predicted octanol–water partition coefficient (Wildman–Crippen LogP) is 3.26. The molecule has 0 spiro atoms.